The van der Waals surface area contributed by atoms with Crippen molar-refractivity contribution in [3.8, 4) is 11.4 Å². The van der Waals surface area contributed by atoms with Crippen LogP contribution in [0.25, 0.3) is 22.5 Å². The van der Waals surface area contributed by atoms with Crippen LogP contribution in [0.3, 0.4) is 0 Å². The molecule has 1 saturated heterocycles. The molecule has 0 bridgehead atoms. The molecule has 41 heavy (non-hydrogen) atoms. The van der Waals surface area contributed by atoms with Crippen molar-refractivity contribution < 1.29 is 14.3 Å². The van der Waals surface area contributed by atoms with Crippen LogP contribution in [-0.4, -0.2) is 78.8 Å². The average Bonchev–Trinajstić information content (AvgIpc) is 3.74. The van der Waals surface area contributed by atoms with E-state index in [1.54, 1.807) is 15.5 Å². The molecule has 2 aromatic heterocycles. The van der Waals surface area contributed by atoms with Crippen molar-refractivity contribution in [2.24, 2.45) is 0 Å². The lowest BCUT2D eigenvalue weighted by atomic mass is 10.0. The minimum Gasteiger partial charge on any atom is -0.408 e. The summed E-state index contributed by atoms with van der Waals surface area (Å²) in [6.45, 7) is 2.38. The van der Waals surface area contributed by atoms with Gasteiger partial charge in [-0.1, -0.05) is 60.7 Å². The van der Waals surface area contributed by atoms with E-state index in [4.69, 9.17) is 4.42 Å². The van der Waals surface area contributed by atoms with Crippen LogP contribution in [0, 0.1) is 0 Å². The zero-order valence-corrected chi connectivity index (χ0v) is 22.7. The third kappa shape index (κ3) is 5.81. The summed E-state index contributed by atoms with van der Waals surface area (Å²) in [5, 5.41) is 24.0. The molecule has 11 heteroatoms. The maximum Gasteiger partial charge on any atom is 0.420 e. The first kappa shape index (κ1) is 26.6. The minimum atomic E-state index is -0.459. The lowest BCUT2D eigenvalue weighted by Gasteiger charge is -2.32. The van der Waals surface area contributed by atoms with Crippen molar-refractivity contribution >= 4 is 17.0 Å². The fraction of sp³-hybridized carbons (Fsp3) is 0.300. The van der Waals surface area contributed by atoms with Gasteiger partial charge in [0, 0.05) is 32.2 Å². The van der Waals surface area contributed by atoms with Gasteiger partial charge < -0.3 is 14.4 Å². The summed E-state index contributed by atoms with van der Waals surface area (Å²) < 4.78 is 7.07. The topological polar surface area (TPSA) is 133 Å². The molecule has 1 aliphatic rings. The van der Waals surface area contributed by atoms with Crippen LogP contribution in [0.2, 0.25) is 0 Å². The largest absolute Gasteiger partial charge is 0.420 e. The van der Waals surface area contributed by atoms with Crippen LogP contribution >= 0.6 is 0 Å². The Balaban J connectivity index is 1.21. The zero-order chi connectivity index (χ0) is 28.3. The maximum absolute atomic E-state index is 13.6. The van der Waals surface area contributed by atoms with Crippen LogP contribution in [-0.2, 0) is 17.8 Å². The summed E-state index contributed by atoms with van der Waals surface area (Å²) in [6, 6.07) is 22.8. The number of oxazole rings is 1. The van der Waals surface area contributed by atoms with Crippen molar-refractivity contribution in [2.45, 2.75) is 31.5 Å². The number of carbonyl (C=O) groups excluding carboxylic acids is 1. The molecule has 0 saturated carbocycles. The number of nitrogens with one attached hydrogen (secondary N) is 1. The SMILES string of the molecule is CN(C(=O)Cc1ccc2oc(=O)n(Cc3ccc(-c4nn[nH]n4)cc3)c2c1)[C@H](CN1CC[C@H](O)C1)c1ccccc1. The van der Waals surface area contributed by atoms with Crippen LogP contribution in [0.1, 0.15) is 29.2 Å². The molecule has 210 valence electrons. The Morgan fingerprint density at radius 1 is 1.12 bits per heavy atom. The molecule has 2 N–H and O–H groups in total. The lowest BCUT2D eigenvalue weighted by Crippen LogP contribution is -2.39. The van der Waals surface area contributed by atoms with Crippen LogP contribution in [0.4, 0.5) is 0 Å². The molecule has 5 aromatic rings. The van der Waals surface area contributed by atoms with Crippen LogP contribution in [0.5, 0.6) is 0 Å². The second-order valence-electron chi connectivity index (χ2n) is 10.5. The molecular weight excluding hydrogens is 522 g/mol. The molecular formula is C30H31N7O4. The zero-order valence-electron chi connectivity index (χ0n) is 22.7. The fourth-order valence-electron chi connectivity index (χ4n) is 5.42. The summed E-state index contributed by atoms with van der Waals surface area (Å²) in [4.78, 5) is 30.3. The Bertz CT molecular complexity index is 1680. The van der Waals surface area contributed by atoms with Gasteiger partial charge in [-0.2, -0.15) is 5.21 Å². The number of carbonyl (C=O) groups is 1. The van der Waals surface area contributed by atoms with E-state index in [1.807, 2.05) is 73.8 Å². The highest BCUT2D eigenvalue weighted by molar-refractivity contribution is 5.81. The highest BCUT2D eigenvalue weighted by atomic mass is 16.4. The number of aliphatic hydroxyl groups is 1. The normalized spacial score (nSPS) is 16.3. The fourth-order valence-corrected chi connectivity index (χ4v) is 5.42. The van der Waals surface area contributed by atoms with Crippen LogP contribution < -0.4 is 5.76 Å². The number of rotatable bonds is 9. The summed E-state index contributed by atoms with van der Waals surface area (Å²) in [6.07, 6.45) is 0.598. The standard InChI is InChI=1S/C30H31N7O4/c1-35(26(22-5-3-2-4-6-22)19-36-14-13-24(38)18-36)28(39)16-21-9-12-27-25(15-21)37(30(40)41-27)17-20-7-10-23(11-8-20)29-31-33-34-32-29/h2-12,15,24,26,38H,13-14,16-19H2,1H3,(H,31,32,33,34)/t24-,26+/m0/s1. The molecule has 1 fully saturated rings. The Morgan fingerprint density at radius 2 is 1.90 bits per heavy atom. The summed E-state index contributed by atoms with van der Waals surface area (Å²) in [5.41, 5.74) is 4.66. The Labute approximate surface area is 236 Å². The number of benzene rings is 3. The third-order valence-electron chi connectivity index (χ3n) is 7.71. The number of fused-ring (bicyclic) bond motifs is 1. The smallest absolute Gasteiger partial charge is 0.408 e. The molecule has 2 atom stereocenters. The monoisotopic (exact) mass is 553 g/mol. The first-order chi connectivity index (χ1) is 19.9. The van der Waals surface area contributed by atoms with E-state index in [0.29, 0.717) is 36.6 Å². The van der Waals surface area contributed by atoms with E-state index in [9.17, 15) is 14.7 Å². The number of likely N-dealkylation sites (tertiary alicyclic amines) is 1. The van der Waals surface area contributed by atoms with E-state index >= 15 is 0 Å². The van der Waals surface area contributed by atoms with E-state index in [1.165, 1.54) is 0 Å². The number of β-amino-alcohol motifs (C(OH)–C–C–N with tert-alkyl or cyclic N) is 1. The highest BCUT2D eigenvalue weighted by Crippen LogP contribution is 2.25. The number of aromatic amines is 1. The van der Waals surface area contributed by atoms with Gasteiger partial charge in [0.05, 0.1) is 30.6 Å². The molecule has 1 aliphatic heterocycles. The number of H-pyrrole nitrogens is 1. The van der Waals surface area contributed by atoms with Gasteiger partial charge >= 0.3 is 5.76 Å². The first-order valence-electron chi connectivity index (χ1n) is 13.6. The van der Waals surface area contributed by atoms with Gasteiger partial charge in [-0.15, -0.1) is 10.2 Å². The predicted molar refractivity (Wildman–Crippen MR) is 152 cm³/mol. The molecule has 3 aromatic carbocycles. The molecule has 0 radical (unpaired) electrons. The number of aromatic nitrogens is 5. The van der Waals surface area contributed by atoms with Crippen LogP contribution in [0.15, 0.2) is 82.0 Å². The number of nitrogens with zero attached hydrogens (tertiary/aromatic N) is 6. The van der Waals surface area contributed by atoms with Crippen molar-refractivity contribution in [2.75, 3.05) is 26.7 Å². The second-order valence-corrected chi connectivity index (χ2v) is 10.5. The average molecular weight is 554 g/mol. The summed E-state index contributed by atoms with van der Waals surface area (Å²) in [5.74, 6) is 0.00135. The van der Waals surface area contributed by atoms with Gasteiger partial charge in [0.2, 0.25) is 11.7 Å². The van der Waals surface area contributed by atoms with E-state index in [2.05, 4.69) is 25.5 Å². The third-order valence-corrected chi connectivity index (χ3v) is 7.71. The van der Waals surface area contributed by atoms with Crippen molar-refractivity contribution in [3.05, 3.63) is 100 Å². The summed E-state index contributed by atoms with van der Waals surface area (Å²) >= 11 is 0. The number of amides is 1. The van der Waals surface area contributed by atoms with E-state index in [-0.39, 0.29) is 24.5 Å². The van der Waals surface area contributed by atoms with Gasteiger partial charge in [0.15, 0.2) is 5.58 Å². The molecule has 3 heterocycles. The van der Waals surface area contributed by atoms with Gasteiger partial charge in [-0.25, -0.2) is 4.79 Å². The molecule has 6 rings (SSSR count). The van der Waals surface area contributed by atoms with Crippen molar-refractivity contribution in [1.82, 2.24) is 35.0 Å². The molecule has 0 aliphatic carbocycles. The van der Waals surface area contributed by atoms with Gasteiger partial charge in [0.25, 0.3) is 0 Å². The maximum atomic E-state index is 13.6. The molecule has 11 nitrogen and oxygen atoms in total. The summed E-state index contributed by atoms with van der Waals surface area (Å²) in [7, 11) is 1.83. The Kier molecular flexibility index (Phi) is 7.45. The number of tetrazole rings is 1. The highest BCUT2D eigenvalue weighted by Gasteiger charge is 2.28. The van der Waals surface area contributed by atoms with Gasteiger partial charge in [-0.3, -0.25) is 14.3 Å². The molecule has 0 spiro atoms. The van der Waals surface area contributed by atoms with E-state index in [0.717, 1.165) is 35.2 Å². The number of aliphatic hydroxyl groups excluding tert-OH is 1. The molecule has 1 amide bonds. The van der Waals surface area contributed by atoms with Gasteiger partial charge in [-0.05, 0) is 40.5 Å². The quantitative estimate of drug-likeness (QED) is 0.285. The second kappa shape index (κ2) is 11.5. The predicted octanol–water partition coefficient (Wildman–Crippen LogP) is 2.63. The number of hydrogen-bond acceptors (Lipinski definition) is 8. The number of likely N-dealkylation sites (N-methyl/N-ethyl adjacent to an activating group) is 1. The van der Waals surface area contributed by atoms with E-state index < -0.39 is 5.76 Å². The Hall–Kier alpha value is -4.61. The Morgan fingerprint density at radius 3 is 2.61 bits per heavy atom. The minimum absolute atomic E-state index is 0.0348. The first-order valence-corrected chi connectivity index (χ1v) is 13.6. The number of hydrogen-bond donors (Lipinski definition) is 2. The molecule has 0 unspecified atom stereocenters. The van der Waals surface area contributed by atoms with Gasteiger partial charge in [0.1, 0.15) is 0 Å². The van der Waals surface area contributed by atoms with Crippen molar-refractivity contribution in [3.63, 3.8) is 0 Å². The lowest BCUT2D eigenvalue weighted by molar-refractivity contribution is -0.131. The van der Waals surface area contributed by atoms with Crippen molar-refractivity contribution in [1.29, 1.82) is 0 Å².